The van der Waals surface area contributed by atoms with Crippen LogP contribution in [0.15, 0.2) is 60.7 Å². The predicted molar refractivity (Wildman–Crippen MR) is 95.4 cm³/mol. The zero-order valence-electron chi connectivity index (χ0n) is 13.1. The second-order valence-corrected chi connectivity index (χ2v) is 5.14. The summed E-state index contributed by atoms with van der Waals surface area (Å²) in [5.41, 5.74) is 4.33. The van der Waals surface area contributed by atoms with Gasteiger partial charge in [-0.3, -0.25) is 0 Å². The molecule has 1 N–H and O–H groups in total. The van der Waals surface area contributed by atoms with Gasteiger partial charge < -0.3 is 5.32 Å². The Morgan fingerprint density at radius 1 is 0.870 bits per heavy atom. The van der Waals surface area contributed by atoms with Crippen molar-refractivity contribution >= 4 is 12.4 Å². The number of hydrogen-bond acceptors (Lipinski definition) is 3. The van der Waals surface area contributed by atoms with Crippen LogP contribution in [0.3, 0.4) is 0 Å². The van der Waals surface area contributed by atoms with Crippen LogP contribution in [0.5, 0.6) is 0 Å². The van der Waals surface area contributed by atoms with Crippen molar-refractivity contribution in [1.29, 1.82) is 0 Å². The maximum absolute atomic E-state index is 4.59. The van der Waals surface area contributed by atoms with Gasteiger partial charge in [-0.05, 0) is 12.5 Å². The maximum atomic E-state index is 4.59. The lowest BCUT2D eigenvalue weighted by Gasteiger charge is -2.04. The fourth-order valence-corrected chi connectivity index (χ4v) is 2.38. The van der Waals surface area contributed by atoms with Crippen LogP contribution in [0.2, 0.25) is 0 Å². The Bertz CT molecular complexity index is 710. The number of aromatic nitrogens is 3. The third-order valence-electron chi connectivity index (χ3n) is 3.52. The summed E-state index contributed by atoms with van der Waals surface area (Å²) in [6.07, 6.45) is 0. The van der Waals surface area contributed by atoms with Crippen molar-refractivity contribution in [1.82, 2.24) is 20.3 Å². The van der Waals surface area contributed by atoms with Gasteiger partial charge >= 0.3 is 0 Å². The first-order chi connectivity index (χ1) is 10.9. The second kappa shape index (κ2) is 8.46. The third-order valence-corrected chi connectivity index (χ3v) is 3.52. The van der Waals surface area contributed by atoms with Crippen molar-refractivity contribution in [3.63, 3.8) is 0 Å². The minimum absolute atomic E-state index is 0. The minimum Gasteiger partial charge on any atom is -0.307 e. The van der Waals surface area contributed by atoms with Gasteiger partial charge in [0.05, 0.1) is 6.54 Å². The monoisotopic (exact) mass is 328 g/mol. The Morgan fingerprint density at radius 3 is 2.17 bits per heavy atom. The van der Waals surface area contributed by atoms with E-state index in [0.717, 1.165) is 30.0 Å². The van der Waals surface area contributed by atoms with E-state index in [9.17, 15) is 0 Å². The first-order valence-electron chi connectivity index (χ1n) is 7.61. The highest BCUT2D eigenvalue weighted by molar-refractivity contribution is 5.85. The number of halogens is 1. The summed E-state index contributed by atoms with van der Waals surface area (Å²) in [6, 6.07) is 20.6. The molecule has 0 saturated carbocycles. The summed E-state index contributed by atoms with van der Waals surface area (Å²) in [4.78, 5) is 1.75. The number of aryl methyl sites for hydroxylation is 1. The minimum atomic E-state index is 0. The van der Waals surface area contributed by atoms with E-state index in [2.05, 4.69) is 58.8 Å². The Labute approximate surface area is 143 Å². The third kappa shape index (κ3) is 4.41. The largest absolute Gasteiger partial charge is 0.307 e. The molecule has 0 unspecified atom stereocenters. The zero-order valence-corrected chi connectivity index (χ0v) is 14.0. The molecule has 0 amide bonds. The molecular weight excluding hydrogens is 308 g/mol. The quantitative estimate of drug-likeness (QED) is 0.750. The first kappa shape index (κ1) is 17.2. The Balaban J connectivity index is 0.00000192. The molecule has 1 heterocycles. The molecule has 0 radical (unpaired) electrons. The molecule has 3 rings (SSSR count). The Hall–Kier alpha value is -2.17. The topological polar surface area (TPSA) is 42.7 Å². The van der Waals surface area contributed by atoms with E-state index >= 15 is 0 Å². The molecule has 0 fully saturated rings. The van der Waals surface area contributed by atoms with E-state index in [-0.39, 0.29) is 12.4 Å². The molecule has 1 aromatic heterocycles. The van der Waals surface area contributed by atoms with Gasteiger partial charge in [0.15, 0.2) is 0 Å². The van der Waals surface area contributed by atoms with Crippen LogP contribution >= 0.6 is 12.4 Å². The van der Waals surface area contributed by atoms with Crippen molar-refractivity contribution in [3.05, 3.63) is 71.9 Å². The highest BCUT2D eigenvalue weighted by Crippen LogP contribution is 2.19. The highest BCUT2D eigenvalue weighted by Gasteiger charge is 2.12. The highest BCUT2D eigenvalue weighted by atomic mass is 35.5. The molecule has 23 heavy (non-hydrogen) atoms. The fraction of sp³-hybridized carbons (Fsp3) is 0.222. The summed E-state index contributed by atoms with van der Waals surface area (Å²) < 4.78 is 0. The summed E-state index contributed by atoms with van der Waals surface area (Å²) in [6.45, 7) is 4.36. The zero-order chi connectivity index (χ0) is 15.2. The van der Waals surface area contributed by atoms with E-state index < -0.39 is 0 Å². The normalized spacial score (nSPS) is 10.3. The molecule has 3 aromatic rings. The molecular formula is C18H21ClN4. The number of rotatable bonds is 6. The van der Waals surface area contributed by atoms with Crippen molar-refractivity contribution in [2.24, 2.45) is 0 Å². The van der Waals surface area contributed by atoms with Gasteiger partial charge in [-0.15, -0.1) is 12.4 Å². The van der Waals surface area contributed by atoms with E-state index in [1.165, 1.54) is 5.56 Å². The molecule has 4 nitrogen and oxygen atoms in total. The molecule has 2 aromatic carbocycles. The summed E-state index contributed by atoms with van der Waals surface area (Å²) in [5, 5.41) is 12.6. The fourth-order valence-electron chi connectivity index (χ4n) is 2.38. The SMILES string of the molecule is CCn1nc(CNCc2ccccc2)c(-c2ccccc2)n1.Cl. The average Bonchev–Trinajstić information content (AvgIpc) is 3.00. The molecule has 0 bridgehead atoms. The molecule has 0 atom stereocenters. The van der Waals surface area contributed by atoms with Gasteiger partial charge in [0, 0.05) is 18.7 Å². The lowest BCUT2D eigenvalue weighted by molar-refractivity contribution is 0.558. The van der Waals surface area contributed by atoms with Crippen molar-refractivity contribution in [2.75, 3.05) is 0 Å². The van der Waals surface area contributed by atoms with E-state index in [0.29, 0.717) is 6.54 Å². The van der Waals surface area contributed by atoms with Crippen LogP contribution in [0, 0.1) is 0 Å². The van der Waals surface area contributed by atoms with Gasteiger partial charge in [-0.1, -0.05) is 60.7 Å². The van der Waals surface area contributed by atoms with Crippen LogP contribution in [-0.4, -0.2) is 15.0 Å². The number of nitrogens with one attached hydrogen (secondary N) is 1. The summed E-state index contributed by atoms with van der Waals surface area (Å²) in [7, 11) is 0. The van der Waals surface area contributed by atoms with E-state index in [4.69, 9.17) is 0 Å². The van der Waals surface area contributed by atoms with Crippen molar-refractivity contribution in [2.45, 2.75) is 26.6 Å². The average molecular weight is 329 g/mol. The molecule has 120 valence electrons. The van der Waals surface area contributed by atoms with Gasteiger partial charge in [0.1, 0.15) is 11.4 Å². The standard InChI is InChI=1S/C18H20N4.ClH/c1-2-22-20-17(14-19-13-15-9-5-3-6-10-15)18(21-22)16-11-7-4-8-12-16;/h3-12,19H,2,13-14H2,1H3;1H. The lowest BCUT2D eigenvalue weighted by atomic mass is 10.1. The van der Waals surface area contributed by atoms with Crippen LogP contribution < -0.4 is 5.32 Å². The first-order valence-corrected chi connectivity index (χ1v) is 7.61. The van der Waals surface area contributed by atoms with E-state index in [1.807, 2.05) is 24.3 Å². The molecule has 0 aliphatic rings. The van der Waals surface area contributed by atoms with Crippen LogP contribution in [0.4, 0.5) is 0 Å². The lowest BCUT2D eigenvalue weighted by Crippen LogP contribution is -2.14. The number of benzene rings is 2. The Kier molecular flexibility index (Phi) is 6.32. The van der Waals surface area contributed by atoms with Crippen molar-refractivity contribution < 1.29 is 0 Å². The molecule has 0 saturated heterocycles. The molecule has 0 aliphatic carbocycles. The van der Waals surface area contributed by atoms with Gasteiger partial charge in [-0.25, -0.2) is 0 Å². The molecule has 0 spiro atoms. The van der Waals surface area contributed by atoms with Gasteiger partial charge in [-0.2, -0.15) is 15.0 Å². The summed E-state index contributed by atoms with van der Waals surface area (Å²) >= 11 is 0. The number of nitrogens with zero attached hydrogens (tertiary/aromatic N) is 3. The van der Waals surface area contributed by atoms with Gasteiger partial charge in [0.25, 0.3) is 0 Å². The van der Waals surface area contributed by atoms with Crippen molar-refractivity contribution in [3.8, 4) is 11.3 Å². The smallest absolute Gasteiger partial charge is 0.117 e. The van der Waals surface area contributed by atoms with Crippen LogP contribution in [0.1, 0.15) is 18.2 Å². The summed E-state index contributed by atoms with van der Waals surface area (Å²) in [5.74, 6) is 0. The maximum Gasteiger partial charge on any atom is 0.117 e. The number of hydrogen-bond donors (Lipinski definition) is 1. The second-order valence-electron chi connectivity index (χ2n) is 5.14. The van der Waals surface area contributed by atoms with E-state index in [1.54, 1.807) is 4.80 Å². The van der Waals surface area contributed by atoms with Crippen LogP contribution in [-0.2, 0) is 19.6 Å². The van der Waals surface area contributed by atoms with Crippen LogP contribution in [0.25, 0.3) is 11.3 Å². The molecule has 0 aliphatic heterocycles. The van der Waals surface area contributed by atoms with Gasteiger partial charge in [0.2, 0.25) is 0 Å². The Morgan fingerprint density at radius 2 is 1.52 bits per heavy atom. The molecule has 5 heteroatoms. The predicted octanol–water partition coefficient (Wildman–Crippen LogP) is 3.68.